The van der Waals surface area contributed by atoms with E-state index in [4.69, 9.17) is 5.73 Å². The summed E-state index contributed by atoms with van der Waals surface area (Å²) in [6.45, 7) is 5.59. The molecule has 0 radical (unpaired) electrons. The van der Waals surface area contributed by atoms with E-state index in [1.54, 1.807) is 0 Å². The van der Waals surface area contributed by atoms with Crippen molar-refractivity contribution < 1.29 is 9.90 Å². The van der Waals surface area contributed by atoms with Gasteiger partial charge < -0.3 is 15.7 Å². The number of amides is 1. The molecule has 104 valence electrons. The molecular weight excluding hydrogens is 228 g/mol. The number of hydrogen-bond donors (Lipinski definition) is 2. The first-order chi connectivity index (χ1) is 8.47. The molecule has 1 aliphatic carbocycles. The molecule has 3 N–H and O–H groups in total. The lowest BCUT2D eigenvalue weighted by molar-refractivity contribution is -0.140. The van der Waals surface area contributed by atoms with Gasteiger partial charge in [0, 0.05) is 25.0 Å². The van der Waals surface area contributed by atoms with Crippen molar-refractivity contribution >= 4 is 5.91 Å². The zero-order valence-electron chi connectivity index (χ0n) is 11.5. The SMILES string of the molecule is CC1CC(N)CC(C(=O)N2CCC(O)C(C)C2)C1. The average Bonchev–Trinajstić information content (AvgIpc) is 2.30. The molecule has 4 heteroatoms. The van der Waals surface area contributed by atoms with E-state index in [2.05, 4.69) is 6.92 Å². The molecule has 2 aliphatic rings. The molecular formula is C14H26N2O2. The number of rotatable bonds is 1. The predicted molar refractivity (Wildman–Crippen MR) is 70.8 cm³/mol. The van der Waals surface area contributed by atoms with Gasteiger partial charge >= 0.3 is 0 Å². The van der Waals surface area contributed by atoms with E-state index in [1.807, 2.05) is 11.8 Å². The Labute approximate surface area is 110 Å². The van der Waals surface area contributed by atoms with Gasteiger partial charge in [-0.25, -0.2) is 0 Å². The third-order valence-corrected chi connectivity index (χ3v) is 4.50. The molecule has 2 rings (SSSR count). The first-order valence-corrected chi connectivity index (χ1v) is 7.19. The number of aliphatic hydroxyl groups is 1. The number of hydrogen-bond acceptors (Lipinski definition) is 3. The number of likely N-dealkylation sites (tertiary alicyclic amines) is 1. The highest BCUT2D eigenvalue weighted by atomic mass is 16.3. The first-order valence-electron chi connectivity index (χ1n) is 7.19. The van der Waals surface area contributed by atoms with Gasteiger partial charge in [0.15, 0.2) is 0 Å². The topological polar surface area (TPSA) is 66.6 Å². The highest BCUT2D eigenvalue weighted by Crippen LogP contribution is 2.30. The van der Waals surface area contributed by atoms with E-state index >= 15 is 0 Å². The van der Waals surface area contributed by atoms with Gasteiger partial charge in [-0.2, -0.15) is 0 Å². The molecule has 2 fully saturated rings. The van der Waals surface area contributed by atoms with Gasteiger partial charge in [-0.05, 0) is 37.5 Å². The second-order valence-corrected chi connectivity index (χ2v) is 6.39. The summed E-state index contributed by atoms with van der Waals surface area (Å²) in [5, 5.41) is 9.71. The molecule has 0 aromatic heterocycles. The molecule has 0 bridgehead atoms. The smallest absolute Gasteiger partial charge is 0.225 e. The summed E-state index contributed by atoms with van der Waals surface area (Å²) in [7, 11) is 0. The molecule has 5 unspecified atom stereocenters. The Hall–Kier alpha value is -0.610. The van der Waals surface area contributed by atoms with Gasteiger partial charge in [0.2, 0.25) is 5.91 Å². The highest BCUT2D eigenvalue weighted by molar-refractivity contribution is 5.79. The fraction of sp³-hybridized carbons (Fsp3) is 0.929. The van der Waals surface area contributed by atoms with Crippen LogP contribution in [0.1, 0.15) is 39.5 Å². The molecule has 1 amide bonds. The van der Waals surface area contributed by atoms with Gasteiger partial charge in [-0.15, -0.1) is 0 Å². The summed E-state index contributed by atoms with van der Waals surface area (Å²) in [5.74, 6) is 1.11. The van der Waals surface area contributed by atoms with Gasteiger partial charge in [-0.1, -0.05) is 13.8 Å². The maximum atomic E-state index is 12.5. The van der Waals surface area contributed by atoms with Crippen LogP contribution in [-0.2, 0) is 4.79 Å². The molecule has 5 atom stereocenters. The Morgan fingerprint density at radius 3 is 2.61 bits per heavy atom. The van der Waals surface area contributed by atoms with Crippen LogP contribution in [0.4, 0.5) is 0 Å². The fourth-order valence-corrected chi connectivity index (χ4v) is 3.45. The Kier molecular flexibility index (Phi) is 4.28. The molecule has 4 nitrogen and oxygen atoms in total. The van der Waals surface area contributed by atoms with Gasteiger partial charge in [0.05, 0.1) is 6.10 Å². The van der Waals surface area contributed by atoms with Crippen LogP contribution in [-0.4, -0.2) is 41.1 Å². The van der Waals surface area contributed by atoms with Crippen molar-refractivity contribution in [2.45, 2.75) is 51.7 Å². The monoisotopic (exact) mass is 254 g/mol. The van der Waals surface area contributed by atoms with Crippen molar-refractivity contribution in [3.63, 3.8) is 0 Å². The lowest BCUT2D eigenvalue weighted by atomic mass is 9.79. The third kappa shape index (κ3) is 3.04. The maximum Gasteiger partial charge on any atom is 0.225 e. The van der Waals surface area contributed by atoms with Crippen LogP contribution >= 0.6 is 0 Å². The van der Waals surface area contributed by atoms with Crippen LogP contribution in [0.5, 0.6) is 0 Å². The number of carbonyl (C=O) groups excluding carboxylic acids is 1. The molecule has 1 saturated heterocycles. The molecule has 0 aromatic carbocycles. The second-order valence-electron chi connectivity index (χ2n) is 6.39. The minimum atomic E-state index is -0.249. The van der Waals surface area contributed by atoms with Crippen LogP contribution in [0.15, 0.2) is 0 Å². The number of piperidine rings is 1. The van der Waals surface area contributed by atoms with Gasteiger partial charge in [0.1, 0.15) is 0 Å². The van der Waals surface area contributed by atoms with Crippen molar-refractivity contribution in [1.82, 2.24) is 4.90 Å². The van der Waals surface area contributed by atoms with Crippen LogP contribution < -0.4 is 5.73 Å². The quantitative estimate of drug-likeness (QED) is 0.733. The lowest BCUT2D eigenvalue weighted by Crippen LogP contribution is -2.49. The largest absolute Gasteiger partial charge is 0.393 e. The van der Waals surface area contributed by atoms with Crippen LogP contribution in [0.25, 0.3) is 0 Å². The zero-order valence-corrected chi connectivity index (χ0v) is 11.5. The van der Waals surface area contributed by atoms with E-state index in [9.17, 15) is 9.90 Å². The van der Waals surface area contributed by atoms with Crippen LogP contribution in [0.3, 0.4) is 0 Å². The third-order valence-electron chi connectivity index (χ3n) is 4.50. The minimum Gasteiger partial charge on any atom is -0.393 e. The Morgan fingerprint density at radius 1 is 1.28 bits per heavy atom. The average molecular weight is 254 g/mol. The molecule has 0 aromatic rings. The Morgan fingerprint density at radius 2 is 2.00 bits per heavy atom. The number of carbonyl (C=O) groups is 1. The standard InChI is InChI=1S/C14H26N2O2/c1-9-5-11(7-12(15)6-9)14(18)16-4-3-13(17)10(2)8-16/h9-13,17H,3-8,15H2,1-2H3. The van der Waals surface area contributed by atoms with Crippen molar-refractivity contribution in [2.75, 3.05) is 13.1 Å². The maximum absolute atomic E-state index is 12.5. The van der Waals surface area contributed by atoms with Crippen molar-refractivity contribution in [1.29, 1.82) is 0 Å². The lowest BCUT2D eigenvalue weighted by Gasteiger charge is -2.39. The zero-order chi connectivity index (χ0) is 13.3. The molecule has 1 heterocycles. The summed E-state index contributed by atoms with van der Waals surface area (Å²) in [6, 6.07) is 0.176. The van der Waals surface area contributed by atoms with E-state index in [1.165, 1.54) is 0 Å². The van der Waals surface area contributed by atoms with Crippen molar-refractivity contribution in [3.05, 3.63) is 0 Å². The summed E-state index contributed by atoms with van der Waals surface area (Å²) >= 11 is 0. The first kappa shape index (κ1) is 13.8. The van der Waals surface area contributed by atoms with E-state index in [-0.39, 0.29) is 29.9 Å². The minimum absolute atomic E-state index is 0.103. The molecule has 0 spiro atoms. The van der Waals surface area contributed by atoms with Gasteiger partial charge in [-0.3, -0.25) is 4.79 Å². The number of nitrogens with zero attached hydrogens (tertiary/aromatic N) is 1. The summed E-state index contributed by atoms with van der Waals surface area (Å²) in [4.78, 5) is 14.4. The number of aliphatic hydroxyl groups excluding tert-OH is 1. The van der Waals surface area contributed by atoms with E-state index in [0.29, 0.717) is 25.4 Å². The van der Waals surface area contributed by atoms with Crippen molar-refractivity contribution in [3.8, 4) is 0 Å². The molecule has 18 heavy (non-hydrogen) atoms. The summed E-state index contributed by atoms with van der Waals surface area (Å²) < 4.78 is 0. The van der Waals surface area contributed by atoms with E-state index in [0.717, 1.165) is 19.3 Å². The van der Waals surface area contributed by atoms with Crippen LogP contribution in [0, 0.1) is 17.8 Å². The van der Waals surface area contributed by atoms with Crippen molar-refractivity contribution in [2.24, 2.45) is 23.5 Å². The van der Waals surface area contributed by atoms with E-state index < -0.39 is 0 Å². The summed E-state index contributed by atoms with van der Waals surface area (Å²) in [6.07, 6.45) is 3.30. The predicted octanol–water partition coefficient (Wildman–Crippen LogP) is 0.979. The fourth-order valence-electron chi connectivity index (χ4n) is 3.45. The highest BCUT2D eigenvalue weighted by Gasteiger charge is 2.34. The van der Waals surface area contributed by atoms with Gasteiger partial charge in [0.25, 0.3) is 0 Å². The molecule has 1 saturated carbocycles. The Bertz CT molecular complexity index is 298. The second kappa shape index (κ2) is 5.57. The molecule has 1 aliphatic heterocycles. The number of nitrogens with two attached hydrogens (primary N) is 1. The summed E-state index contributed by atoms with van der Waals surface area (Å²) in [5.41, 5.74) is 6.02. The Balaban J connectivity index is 1.94. The van der Waals surface area contributed by atoms with Crippen LogP contribution in [0.2, 0.25) is 0 Å². The normalized spacial score (nSPS) is 41.8.